The number of hydrazone groups is 2. The Morgan fingerprint density at radius 1 is 0.875 bits per heavy atom. The van der Waals surface area contributed by atoms with Crippen LogP contribution in [0.15, 0.2) is 10.2 Å². The fraction of sp³-hybridized carbons (Fsp3) is 0.733. The topological polar surface area (TPSA) is 77.3 Å². The first-order chi connectivity index (χ1) is 10.6. The van der Waals surface area contributed by atoms with Crippen LogP contribution in [0.1, 0.15) is 46.0 Å². The summed E-state index contributed by atoms with van der Waals surface area (Å²) in [5.74, 6) is -1.10. The Bertz CT molecular complexity index is 536. The van der Waals surface area contributed by atoms with E-state index in [0.29, 0.717) is 9.98 Å². The monoisotopic (exact) mass is 410 g/mol. The van der Waals surface area contributed by atoms with Gasteiger partial charge in [0.2, 0.25) is 0 Å². The van der Waals surface area contributed by atoms with Gasteiger partial charge in [0.05, 0.1) is 0 Å². The van der Waals surface area contributed by atoms with E-state index < -0.39 is 11.8 Å². The molecule has 0 aliphatic heterocycles. The molecule has 9 heteroatoms. The van der Waals surface area contributed by atoms with Gasteiger partial charge in [0.25, 0.3) is 0 Å². The van der Waals surface area contributed by atoms with Crippen molar-refractivity contribution in [3.8, 4) is 0 Å². The molecular weight excluding hydrogens is 388 g/mol. The molecule has 0 aromatic heterocycles. The largest absolute Gasteiger partial charge is 2.00 e. The van der Waals surface area contributed by atoms with E-state index in [9.17, 15) is 10.2 Å². The van der Waals surface area contributed by atoms with Gasteiger partial charge in [-0.15, -0.1) is 0 Å². The summed E-state index contributed by atoms with van der Waals surface area (Å²) in [6, 6.07) is 0. The van der Waals surface area contributed by atoms with Crippen LogP contribution in [0.5, 0.6) is 0 Å². The van der Waals surface area contributed by atoms with Gasteiger partial charge in [0.1, 0.15) is 9.98 Å². The Balaban J connectivity index is 0.00000288. The SMILES string of the molecule is CN(/N=C(\[O-])C/C([O-])=N/N(C)C(=S)C1(C)CC1)C(=S)C1(C)CC1.[Fe+2]. The third-order valence-corrected chi connectivity index (χ3v) is 5.96. The quantitative estimate of drug-likeness (QED) is 0.212. The van der Waals surface area contributed by atoms with Gasteiger partial charge >= 0.3 is 17.1 Å². The van der Waals surface area contributed by atoms with E-state index >= 15 is 0 Å². The van der Waals surface area contributed by atoms with Gasteiger partial charge in [-0.2, -0.15) is 10.2 Å². The second kappa shape index (κ2) is 7.64. The minimum absolute atomic E-state index is 0. The first-order valence-corrected chi connectivity index (χ1v) is 8.44. The molecule has 0 unspecified atom stereocenters. The minimum atomic E-state index is -0.551. The van der Waals surface area contributed by atoms with Gasteiger partial charge in [-0.25, -0.2) is 0 Å². The first-order valence-electron chi connectivity index (χ1n) is 7.63. The predicted octanol–water partition coefficient (Wildman–Crippen LogP) is 0.840. The average Bonchev–Trinajstić information content (AvgIpc) is 3.37. The summed E-state index contributed by atoms with van der Waals surface area (Å²) in [7, 11) is 3.28. The van der Waals surface area contributed by atoms with Crippen molar-refractivity contribution >= 4 is 46.2 Å². The Kier molecular flexibility index (Phi) is 6.77. The van der Waals surface area contributed by atoms with Crippen molar-refractivity contribution in [3.63, 3.8) is 0 Å². The summed E-state index contributed by atoms with van der Waals surface area (Å²) in [5.41, 5.74) is -0.0667. The van der Waals surface area contributed by atoms with Crippen LogP contribution < -0.4 is 10.2 Å². The molecule has 0 aromatic carbocycles. The van der Waals surface area contributed by atoms with Crippen LogP contribution in [0.2, 0.25) is 0 Å². The van der Waals surface area contributed by atoms with Crippen LogP contribution in [0.25, 0.3) is 0 Å². The molecule has 2 aliphatic carbocycles. The zero-order chi connectivity index (χ0) is 17.4. The van der Waals surface area contributed by atoms with Crippen molar-refractivity contribution < 1.29 is 27.3 Å². The smallest absolute Gasteiger partial charge is 0.860 e. The standard InChI is InChI=1S/C15H24N4O2S2.Fe/c1-14(5-6-14)12(22)18(3)16-10(20)9-11(21)17-19(4)13(23)15(2)7-8-15;/h5-9H2,1-4H3,(H,16,20)(H,17,21);/q;+2/p-2. The van der Waals surface area contributed by atoms with Gasteiger partial charge in [0, 0.05) is 31.3 Å². The van der Waals surface area contributed by atoms with Crippen LogP contribution >= 0.6 is 24.4 Å². The van der Waals surface area contributed by atoms with Crippen molar-refractivity contribution in [1.29, 1.82) is 0 Å². The molecule has 0 N–H and O–H groups in total. The fourth-order valence-electron chi connectivity index (χ4n) is 2.21. The molecule has 0 radical (unpaired) electrons. The molecule has 24 heavy (non-hydrogen) atoms. The molecular formula is C15H22FeN4O2S2. The molecule has 0 atom stereocenters. The zero-order valence-electron chi connectivity index (χ0n) is 14.3. The minimum Gasteiger partial charge on any atom is -0.860 e. The maximum atomic E-state index is 11.9. The third kappa shape index (κ3) is 5.12. The molecule has 2 aliphatic rings. The van der Waals surface area contributed by atoms with Crippen LogP contribution in [-0.2, 0) is 17.1 Å². The van der Waals surface area contributed by atoms with Crippen molar-refractivity contribution in [1.82, 2.24) is 10.0 Å². The van der Waals surface area contributed by atoms with Crippen LogP contribution in [0, 0.1) is 10.8 Å². The summed E-state index contributed by atoms with van der Waals surface area (Å²) in [5, 5.41) is 34.3. The Labute approximate surface area is 164 Å². The summed E-state index contributed by atoms with van der Waals surface area (Å²) < 4.78 is 0. The fourth-order valence-corrected chi connectivity index (χ4v) is 2.70. The van der Waals surface area contributed by atoms with E-state index in [1.807, 2.05) is 13.8 Å². The predicted molar refractivity (Wildman–Crippen MR) is 94.9 cm³/mol. The van der Waals surface area contributed by atoms with E-state index in [0.717, 1.165) is 25.7 Å². The number of hydrogen-bond acceptors (Lipinski definition) is 6. The van der Waals surface area contributed by atoms with Crippen molar-refractivity contribution in [3.05, 3.63) is 0 Å². The molecule has 0 bridgehead atoms. The Morgan fingerprint density at radius 3 is 1.42 bits per heavy atom. The van der Waals surface area contributed by atoms with Gasteiger partial charge in [-0.1, -0.05) is 38.3 Å². The number of rotatable bonds is 6. The second-order valence-electron chi connectivity index (χ2n) is 6.94. The average molecular weight is 410 g/mol. The Morgan fingerprint density at radius 2 is 1.17 bits per heavy atom. The third-order valence-electron chi connectivity index (χ3n) is 4.45. The van der Waals surface area contributed by atoms with Crippen LogP contribution in [0.3, 0.4) is 0 Å². The van der Waals surface area contributed by atoms with E-state index in [1.54, 1.807) is 14.1 Å². The molecule has 0 heterocycles. The van der Waals surface area contributed by atoms with Crippen molar-refractivity contribution in [2.75, 3.05) is 14.1 Å². The zero-order valence-corrected chi connectivity index (χ0v) is 17.0. The van der Waals surface area contributed by atoms with Gasteiger partial charge in [0.15, 0.2) is 0 Å². The van der Waals surface area contributed by atoms with Gasteiger partial charge in [-0.05, 0) is 37.5 Å². The van der Waals surface area contributed by atoms with Crippen LogP contribution in [0.4, 0.5) is 0 Å². The molecule has 6 nitrogen and oxygen atoms in total. The number of thiocarbonyl (C=S) groups is 2. The molecule has 0 spiro atoms. The maximum absolute atomic E-state index is 11.9. The maximum Gasteiger partial charge on any atom is 2.00 e. The number of nitrogens with zero attached hydrogens (tertiary/aromatic N) is 4. The van der Waals surface area contributed by atoms with Gasteiger partial charge < -0.3 is 10.2 Å². The molecule has 2 fully saturated rings. The summed E-state index contributed by atoms with van der Waals surface area (Å²) in [6.45, 7) is 4.08. The van der Waals surface area contributed by atoms with Gasteiger partial charge in [-0.3, -0.25) is 10.0 Å². The van der Waals surface area contributed by atoms with Crippen molar-refractivity contribution in [2.24, 2.45) is 21.0 Å². The molecule has 0 amide bonds. The second-order valence-corrected chi connectivity index (χ2v) is 7.72. The van der Waals surface area contributed by atoms with E-state index in [1.165, 1.54) is 10.0 Å². The Hall–Kier alpha value is -0.761. The molecule has 2 saturated carbocycles. The molecule has 0 saturated heterocycles. The molecule has 2 rings (SSSR count). The summed E-state index contributed by atoms with van der Waals surface area (Å²) in [4.78, 5) is 1.27. The summed E-state index contributed by atoms with van der Waals surface area (Å²) >= 11 is 10.6. The van der Waals surface area contributed by atoms with E-state index in [-0.39, 0.29) is 34.3 Å². The molecule has 134 valence electrons. The number of hydrogen-bond donors (Lipinski definition) is 0. The first kappa shape index (κ1) is 21.3. The van der Waals surface area contributed by atoms with E-state index in [4.69, 9.17) is 24.4 Å². The van der Waals surface area contributed by atoms with Crippen molar-refractivity contribution in [2.45, 2.75) is 46.0 Å². The van der Waals surface area contributed by atoms with E-state index in [2.05, 4.69) is 10.2 Å². The summed E-state index contributed by atoms with van der Waals surface area (Å²) in [6.07, 6.45) is 3.65. The normalized spacial score (nSPS) is 20.7. The van der Waals surface area contributed by atoms with Crippen LogP contribution in [-0.4, -0.2) is 45.9 Å². The molecule has 0 aromatic rings.